The molecule has 0 spiro atoms. The molecule has 0 aliphatic carbocycles. The van der Waals surface area contributed by atoms with Gasteiger partial charge < -0.3 is 5.32 Å². The second-order valence-corrected chi connectivity index (χ2v) is 3.67. The highest BCUT2D eigenvalue weighted by Crippen LogP contribution is 2.31. The van der Waals surface area contributed by atoms with Gasteiger partial charge in [-0.2, -0.15) is 13.2 Å². The Morgan fingerprint density at radius 2 is 2.00 bits per heavy atom. The number of rotatable bonds is 4. The van der Waals surface area contributed by atoms with E-state index in [1.807, 2.05) is 0 Å². The molecule has 0 aliphatic heterocycles. The molecule has 0 saturated heterocycles. The Morgan fingerprint density at radius 1 is 1.28 bits per heavy atom. The van der Waals surface area contributed by atoms with Crippen LogP contribution in [0.4, 0.5) is 17.6 Å². The van der Waals surface area contributed by atoms with E-state index < -0.39 is 17.6 Å². The van der Waals surface area contributed by atoms with Crippen molar-refractivity contribution >= 4 is 0 Å². The van der Waals surface area contributed by atoms with E-state index in [0.29, 0.717) is 18.5 Å². The second-order valence-electron chi connectivity index (χ2n) is 3.67. The van der Waals surface area contributed by atoms with Gasteiger partial charge in [-0.3, -0.25) is 0 Å². The van der Waals surface area contributed by atoms with E-state index in [1.54, 1.807) is 6.92 Å². The van der Waals surface area contributed by atoms with Crippen LogP contribution >= 0.6 is 0 Å². The van der Waals surface area contributed by atoms with Gasteiger partial charge >= 0.3 is 6.18 Å². The summed E-state index contributed by atoms with van der Waals surface area (Å²) in [5.41, 5.74) is -0.830. The molecule has 0 fully saturated rings. The Morgan fingerprint density at radius 3 is 2.61 bits per heavy atom. The van der Waals surface area contributed by atoms with E-state index in [1.165, 1.54) is 6.07 Å². The molecule has 0 bridgehead atoms. The molecular weight excluding hydrogens is 246 g/mol. The quantitative estimate of drug-likeness (QED) is 0.497. The van der Waals surface area contributed by atoms with E-state index in [4.69, 9.17) is 0 Å². The predicted octanol–water partition coefficient (Wildman–Crippen LogP) is 3.35. The summed E-state index contributed by atoms with van der Waals surface area (Å²) < 4.78 is 50.3. The van der Waals surface area contributed by atoms with Crippen LogP contribution in [-0.4, -0.2) is 6.54 Å². The van der Waals surface area contributed by atoms with Crippen LogP contribution in [0.5, 0.6) is 0 Å². The standard InChI is InChI=1S/C13H13F4N/c1-2-3-4-7-18-9-10-5-6-12(14)11(8-10)13(15,16)17/h5-6,8,18H,4,7,9H2,1H3. The Labute approximate surface area is 103 Å². The van der Waals surface area contributed by atoms with Crippen molar-refractivity contribution in [2.24, 2.45) is 0 Å². The second kappa shape index (κ2) is 6.41. The Kier molecular flexibility index (Phi) is 5.17. The molecule has 1 nitrogen and oxygen atoms in total. The van der Waals surface area contributed by atoms with Gasteiger partial charge in [-0.15, -0.1) is 11.8 Å². The van der Waals surface area contributed by atoms with Crippen molar-refractivity contribution in [1.29, 1.82) is 0 Å². The lowest BCUT2D eigenvalue weighted by Crippen LogP contribution is -2.15. The Balaban J connectivity index is 2.64. The average Bonchev–Trinajstić information content (AvgIpc) is 2.29. The van der Waals surface area contributed by atoms with Crippen molar-refractivity contribution in [2.75, 3.05) is 6.54 Å². The van der Waals surface area contributed by atoms with Gasteiger partial charge in [-0.05, 0) is 24.6 Å². The van der Waals surface area contributed by atoms with Gasteiger partial charge in [-0.25, -0.2) is 4.39 Å². The largest absolute Gasteiger partial charge is 0.419 e. The zero-order chi connectivity index (χ0) is 13.6. The Bertz CT molecular complexity index is 454. The van der Waals surface area contributed by atoms with Gasteiger partial charge in [0.05, 0.1) is 5.56 Å². The van der Waals surface area contributed by atoms with E-state index >= 15 is 0 Å². The van der Waals surface area contributed by atoms with Crippen LogP contribution in [0.1, 0.15) is 24.5 Å². The first-order valence-electron chi connectivity index (χ1n) is 5.41. The van der Waals surface area contributed by atoms with Crippen LogP contribution in [-0.2, 0) is 12.7 Å². The fourth-order valence-corrected chi connectivity index (χ4v) is 1.41. The van der Waals surface area contributed by atoms with Gasteiger partial charge in [0.1, 0.15) is 5.82 Å². The van der Waals surface area contributed by atoms with Crippen molar-refractivity contribution in [1.82, 2.24) is 5.32 Å². The van der Waals surface area contributed by atoms with Crippen molar-refractivity contribution in [3.05, 3.63) is 35.1 Å². The van der Waals surface area contributed by atoms with E-state index in [9.17, 15) is 17.6 Å². The summed E-state index contributed by atoms with van der Waals surface area (Å²) in [5, 5.41) is 2.94. The molecule has 1 rings (SSSR count). The number of hydrogen-bond acceptors (Lipinski definition) is 1. The topological polar surface area (TPSA) is 12.0 Å². The van der Waals surface area contributed by atoms with Gasteiger partial charge in [-0.1, -0.05) is 6.07 Å². The molecular formula is C13H13F4N. The summed E-state index contributed by atoms with van der Waals surface area (Å²) in [6.45, 7) is 2.56. The minimum Gasteiger partial charge on any atom is -0.312 e. The summed E-state index contributed by atoms with van der Waals surface area (Å²) >= 11 is 0. The molecule has 0 aromatic heterocycles. The fourth-order valence-electron chi connectivity index (χ4n) is 1.41. The molecule has 0 amide bonds. The molecule has 1 aromatic carbocycles. The SMILES string of the molecule is CC#CCCNCc1ccc(F)c(C(F)(F)F)c1. The highest BCUT2D eigenvalue weighted by atomic mass is 19.4. The average molecular weight is 259 g/mol. The minimum absolute atomic E-state index is 0.259. The summed E-state index contributed by atoms with van der Waals surface area (Å²) in [5.74, 6) is 4.29. The van der Waals surface area contributed by atoms with Crippen molar-refractivity contribution in [3.8, 4) is 11.8 Å². The van der Waals surface area contributed by atoms with Gasteiger partial charge in [0.2, 0.25) is 0 Å². The summed E-state index contributed by atoms with van der Waals surface area (Å²) in [7, 11) is 0. The highest BCUT2D eigenvalue weighted by molar-refractivity contribution is 5.27. The maximum atomic E-state index is 13.0. The number of hydrogen-bond donors (Lipinski definition) is 1. The molecule has 0 atom stereocenters. The monoisotopic (exact) mass is 259 g/mol. The lowest BCUT2D eigenvalue weighted by atomic mass is 10.1. The van der Waals surface area contributed by atoms with Crippen LogP contribution in [0.2, 0.25) is 0 Å². The first-order valence-corrected chi connectivity index (χ1v) is 5.41. The summed E-state index contributed by atoms with van der Waals surface area (Å²) in [6.07, 6.45) is -4.03. The highest BCUT2D eigenvalue weighted by Gasteiger charge is 2.34. The first kappa shape index (κ1) is 14.5. The van der Waals surface area contributed by atoms with Gasteiger partial charge in [0.15, 0.2) is 0 Å². The van der Waals surface area contributed by atoms with Gasteiger partial charge in [0, 0.05) is 19.5 Å². The van der Waals surface area contributed by atoms with Crippen molar-refractivity contribution in [2.45, 2.75) is 26.1 Å². The number of halogens is 4. The van der Waals surface area contributed by atoms with Gasteiger partial charge in [0.25, 0.3) is 0 Å². The minimum atomic E-state index is -4.66. The molecule has 0 saturated carbocycles. The lowest BCUT2D eigenvalue weighted by molar-refractivity contribution is -0.140. The van der Waals surface area contributed by atoms with Crippen LogP contribution in [0, 0.1) is 17.7 Å². The predicted molar refractivity (Wildman–Crippen MR) is 61.2 cm³/mol. The van der Waals surface area contributed by atoms with Crippen LogP contribution in [0.3, 0.4) is 0 Å². The number of benzene rings is 1. The third kappa shape index (κ3) is 4.38. The van der Waals surface area contributed by atoms with Crippen molar-refractivity contribution < 1.29 is 17.6 Å². The number of nitrogens with one attached hydrogen (secondary N) is 1. The fraction of sp³-hybridized carbons (Fsp3) is 0.385. The van der Waals surface area contributed by atoms with Crippen LogP contribution < -0.4 is 5.32 Å². The summed E-state index contributed by atoms with van der Waals surface area (Å²) in [4.78, 5) is 0. The molecule has 0 aliphatic rings. The third-order valence-corrected chi connectivity index (χ3v) is 2.27. The molecule has 18 heavy (non-hydrogen) atoms. The molecule has 0 unspecified atom stereocenters. The lowest BCUT2D eigenvalue weighted by Gasteiger charge is -2.10. The maximum Gasteiger partial charge on any atom is 0.419 e. The van der Waals surface area contributed by atoms with E-state index in [-0.39, 0.29) is 6.54 Å². The zero-order valence-corrected chi connectivity index (χ0v) is 9.87. The molecule has 5 heteroatoms. The molecule has 0 radical (unpaired) electrons. The van der Waals surface area contributed by atoms with Crippen LogP contribution in [0.15, 0.2) is 18.2 Å². The number of alkyl halides is 3. The molecule has 0 heterocycles. The third-order valence-electron chi connectivity index (χ3n) is 2.27. The first-order chi connectivity index (χ1) is 8.45. The zero-order valence-electron chi connectivity index (χ0n) is 9.87. The molecule has 1 aromatic rings. The van der Waals surface area contributed by atoms with E-state index in [0.717, 1.165) is 12.1 Å². The normalized spacial score (nSPS) is 10.9. The van der Waals surface area contributed by atoms with Crippen LogP contribution in [0.25, 0.3) is 0 Å². The molecule has 1 N–H and O–H groups in total. The Hall–Kier alpha value is -1.54. The van der Waals surface area contributed by atoms with Crippen molar-refractivity contribution in [3.63, 3.8) is 0 Å². The molecule has 98 valence electrons. The summed E-state index contributed by atoms with van der Waals surface area (Å²) in [6, 6.07) is 3.00. The maximum absolute atomic E-state index is 13.0. The smallest absolute Gasteiger partial charge is 0.312 e. The van der Waals surface area contributed by atoms with E-state index in [2.05, 4.69) is 17.2 Å².